The Labute approximate surface area is 108 Å². The molecule has 0 aliphatic heterocycles. The zero-order chi connectivity index (χ0) is 11.7. The highest BCUT2D eigenvalue weighted by molar-refractivity contribution is 14.1. The summed E-state index contributed by atoms with van der Waals surface area (Å²) in [5.41, 5.74) is 0.400. The summed E-state index contributed by atoms with van der Waals surface area (Å²) in [5, 5.41) is 0. The van der Waals surface area contributed by atoms with Gasteiger partial charge in [-0.2, -0.15) is 0 Å². The van der Waals surface area contributed by atoms with Gasteiger partial charge in [0.2, 0.25) is 0 Å². The Kier molecular flexibility index (Phi) is 3.32. The van der Waals surface area contributed by atoms with E-state index in [0.29, 0.717) is 11.4 Å². The average Bonchev–Trinajstić information content (AvgIpc) is 3.01. The van der Waals surface area contributed by atoms with Crippen molar-refractivity contribution in [3.63, 3.8) is 0 Å². The minimum atomic E-state index is -0.118. The lowest BCUT2D eigenvalue weighted by atomic mass is 10.3. The minimum Gasteiger partial charge on any atom is -0.488 e. The average molecular weight is 332 g/mol. The van der Waals surface area contributed by atoms with Crippen LogP contribution in [0.15, 0.2) is 12.3 Å². The number of carbonyl (C=O) groups is 1. The second kappa shape index (κ2) is 4.57. The predicted molar refractivity (Wildman–Crippen MR) is 68.6 cm³/mol. The van der Waals surface area contributed by atoms with Crippen molar-refractivity contribution in [1.82, 2.24) is 9.88 Å². The molecule has 1 aromatic heterocycles. The van der Waals surface area contributed by atoms with E-state index in [-0.39, 0.29) is 12.0 Å². The molecule has 1 aromatic rings. The molecule has 2 rings (SSSR count). The number of amides is 1. The Morgan fingerprint density at radius 2 is 2.25 bits per heavy atom. The van der Waals surface area contributed by atoms with Gasteiger partial charge < -0.3 is 9.64 Å². The summed E-state index contributed by atoms with van der Waals surface area (Å²) < 4.78 is 6.67. The summed E-state index contributed by atoms with van der Waals surface area (Å²) in [7, 11) is 3.42. The van der Waals surface area contributed by atoms with Gasteiger partial charge in [-0.25, -0.2) is 4.98 Å². The molecule has 0 saturated heterocycles. The van der Waals surface area contributed by atoms with Gasteiger partial charge in [-0.1, -0.05) is 0 Å². The molecule has 0 spiro atoms. The third-order valence-electron chi connectivity index (χ3n) is 2.25. The van der Waals surface area contributed by atoms with E-state index in [4.69, 9.17) is 4.74 Å². The van der Waals surface area contributed by atoms with E-state index in [1.165, 1.54) is 4.90 Å². The van der Waals surface area contributed by atoms with Gasteiger partial charge in [0.25, 0.3) is 5.91 Å². The second-order valence-electron chi connectivity index (χ2n) is 4.02. The third-order valence-corrected chi connectivity index (χ3v) is 2.84. The molecule has 1 saturated carbocycles. The highest BCUT2D eigenvalue weighted by Crippen LogP contribution is 2.29. The van der Waals surface area contributed by atoms with Crippen molar-refractivity contribution in [3.05, 3.63) is 21.5 Å². The monoisotopic (exact) mass is 332 g/mol. The number of nitrogens with zero attached hydrogens (tertiary/aromatic N) is 2. The number of carbonyl (C=O) groups excluding carboxylic acids is 1. The van der Waals surface area contributed by atoms with Gasteiger partial charge in [-0.05, 0) is 41.5 Å². The molecule has 86 valence electrons. The summed E-state index contributed by atoms with van der Waals surface area (Å²) in [5.74, 6) is 0.486. The van der Waals surface area contributed by atoms with Crippen LogP contribution in [0.1, 0.15) is 23.3 Å². The van der Waals surface area contributed by atoms with Crippen molar-refractivity contribution in [2.24, 2.45) is 0 Å². The smallest absolute Gasteiger partial charge is 0.275 e. The number of rotatable bonds is 3. The van der Waals surface area contributed by atoms with Crippen molar-refractivity contribution in [2.75, 3.05) is 14.1 Å². The molecular formula is C11H13IN2O2. The quantitative estimate of drug-likeness (QED) is 0.795. The van der Waals surface area contributed by atoms with E-state index in [9.17, 15) is 4.79 Å². The van der Waals surface area contributed by atoms with Gasteiger partial charge in [-0.15, -0.1) is 0 Å². The standard InChI is InChI=1S/C11H13IN2O2/c1-14(2)11(15)10-9(16-8-3-4-8)5-7(12)6-13-10/h5-6,8H,3-4H2,1-2H3. The maximum Gasteiger partial charge on any atom is 0.275 e. The first-order valence-electron chi connectivity index (χ1n) is 5.12. The molecule has 1 heterocycles. The SMILES string of the molecule is CN(C)C(=O)c1ncc(I)cc1OC1CC1. The van der Waals surface area contributed by atoms with Crippen molar-refractivity contribution in [2.45, 2.75) is 18.9 Å². The molecule has 1 amide bonds. The van der Waals surface area contributed by atoms with E-state index in [2.05, 4.69) is 27.6 Å². The number of halogens is 1. The van der Waals surface area contributed by atoms with Crippen molar-refractivity contribution < 1.29 is 9.53 Å². The molecule has 16 heavy (non-hydrogen) atoms. The zero-order valence-electron chi connectivity index (χ0n) is 9.24. The van der Waals surface area contributed by atoms with E-state index in [1.54, 1.807) is 20.3 Å². The Morgan fingerprint density at radius 1 is 1.56 bits per heavy atom. The fraction of sp³-hybridized carbons (Fsp3) is 0.455. The molecule has 4 nitrogen and oxygen atoms in total. The lowest BCUT2D eigenvalue weighted by Crippen LogP contribution is -2.23. The molecule has 5 heteroatoms. The maximum atomic E-state index is 11.9. The molecule has 0 bridgehead atoms. The van der Waals surface area contributed by atoms with Crippen LogP contribution in [-0.4, -0.2) is 36.0 Å². The van der Waals surface area contributed by atoms with E-state index in [1.807, 2.05) is 6.07 Å². The van der Waals surface area contributed by atoms with Crippen LogP contribution >= 0.6 is 22.6 Å². The predicted octanol–water partition coefficient (Wildman–Crippen LogP) is 1.93. The first kappa shape index (κ1) is 11.6. The summed E-state index contributed by atoms with van der Waals surface area (Å²) in [4.78, 5) is 17.5. The Bertz CT molecular complexity index is 416. The van der Waals surface area contributed by atoms with Crippen molar-refractivity contribution >= 4 is 28.5 Å². The lowest BCUT2D eigenvalue weighted by Gasteiger charge is -2.13. The Morgan fingerprint density at radius 3 is 2.81 bits per heavy atom. The summed E-state index contributed by atoms with van der Waals surface area (Å²) in [6, 6.07) is 1.86. The van der Waals surface area contributed by atoms with Crippen LogP contribution in [0.2, 0.25) is 0 Å². The van der Waals surface area contributed by atoms with Crippen molar-refractivity contribution in [3.8, 4) is 5.75 Å². The van der Waals surface area contributed by atoms with Crippen molar-refractivity contribution in [1.29, 1.82) is 0 Å². The molecule has 0 unspecified atom stereocenters. The summed E-state index contributed by atoms with van der Waals surface area (Å²) >= 11 is 2.16. The molecule has 0 atom stereocenters. The van der Waals surface area contributed by atoms with E-state index >= 15 is 0 Å². The Balaban J connectivity index is 2.30. The third kappa shape index (κ3) is 2.63. The lowest BCUT2D eigenvalue weighted by molar-refractivity contribution is 0.0816. The van der Waals surface area contributed by atoms with Crippen LogP contribution in [0.25, 0.3) is 0 Å². The van der Waals surface area contributed by atoms with Crippen LogP contribution in [0.4, 0.5) is 0 Å². The van der Waals surface area contributed by atoms with Crippen LogP contribution in [0.5, 0.6) is 5.75 Å². The van der Waals surface area contributed by atoms with E-state index in [0.717, 1.165) is 16.4 Å². The summed E-state index contributed by atoms with van der Waals surface area (Å²) in [6.45, 7) is 0. The molecule has 0 aromatic carbocycles. The molecule has 1 aliphatic rings. The molecule has 0 radical (unpaired) electrons. The molecule has 1 aliphatic carbocycles. The van der Waals surface area contributed by atoms with Crippen LogP contribution < -0.4 is 4.74 Å². The van der Waals surface area contributed by atoms with Crippen LogP contribution in [-0.2, 0) is 0 Å². The molecule has 0 N–H and O–H groups in total. The minimum absolute atomic E-state index is 0.118. The number of pyridine rings is 1. The van der Waals surface area contributed by atoms with Crippen LogP contribution in [0.3, 0.4) is 0 Å². The van der Waals surface area contributed by atoms with Gasteiger partial charge in [0.05, 0.1) is 6.10 Å². The van der Waals surface area contributed by atoms with Gasteiger partial charge in [0.1, 0.15) is 0 Å². The van der Waals surface area contributed by atoms with Gasteiger partial charge in [-0.3, -0.25) is 4.79 Å². The fourth-order valence-corrected chi connectivity index (χ4v) is 1.67. The number of hydrogen-bond donors (Lipinski definition) is 0. The van der Waals surface area contributed by atoms with Gasteiger partial charge >= 0.3 is 0 Å². The van der Waals surface area contributed by atoms with Gasteiger partial charge in [0, 0.05) is 23.9 Å². The zero-order valence-corrected chi connectivity index (χ0v) is 11.4. The largest absolute Gasteiger partial charge is 0.488 e. The van der Waals surface area contributed by atoms with E-state index < -0.39 is 0 Å². The number of hydrogen-bond acceptors (Lipinski definition) is 3. The maximum absolute atomic E-state index is 11.9. The second-order valence-corrected chi connectivity index (χ2v) is 5.26. The van der Waals surface area contributed by atoms with Crippen LogP contribution in [0, 0.1) is 3.57 Å². The molecule has 1 fully saturated rings. The highest BCUT2D eigenvalue weighted by Gasteiger charge is 2.26. The first-order valence-corrected chi connectivity index (χ1v) is 6.19. The van der Waals surface area contributed by atoms with Gasteiger partial charge in [0.15, 0.2) is 11.4 Å². The molecular weight excluding hydrogens is 319 g/mol. The Hall–Kier alpha value is -0.850. The first-order chi connectivity index (χ1) is 7.58. The highest BCUT2D eigenvalue weighted by atomic mass is 127. The number of aromatic nitrogens is 1. The number of ether oxygens (including phenoxy) is 1. The fourth-order valence-electron chi connectivity index (χ4n) is 1.25. The topological polar surface area (TPSA) is 42.4 Å². The summed E-state index contributed by atoms with van der Waals surface area (Å²) in [6.07, 6.45) is 4.09. The normalized spacial score (nSPS) is 14.7.